The molecule has 8 nitrogen and oxygen atoms in total. The number of hydrogen-bond donors (Lipinski definition) is 3. The standard InChI is InChI=1S/C24H19FN8S/c1-12(2)29-15-5-13(7-26-9-15)14-6-16-22(32-33-23(16)28-8-14)24-30-18-11-27-10-17(21(18)31-24)19-3-4-20(25)34-19/h3-12,29H,1-2H3,(H,30,31)(H,28,32,33). The molecule has 6 rings (SSSR count). The summed E-state index contributed by atoms with van der Waals surface area (Å²) >= 11 is 1.07. The normalized spacial score (nSPS) is 11.6. The van der Waals surface area contributed by atoms with E-state index in [1.54, 1.807) is 30.9 Å². The quantitative estimate of drug-likeness (QED) is 0.301. The number of hydrogen-bond acceptors (Lipinski definition) is 7. The SMILES string of the molecule is CC(C)Nc1cncc(-c2cnc3n[nH]c(-c4nc5c(-c6ccc(F)s6)cncc5[nH]4)c3c2)c1. The zero-order valence-electron chi connectivity index (χ0n) is 18.3. The number of halogens is 1. The Balaban J connectivity index is 1.45. The molecule has 6 heterocycles. The molecule has 10 heteroatoms. The van der Waals surface area contributed by atoms with Crippen molar-refractivity contribution in [1.29, 1.82) is 0 Å². The van der Waals surface area contributed by atoms with Crippen molar-refractivity contribution in [3.63, 3.8) is 0 Å². The van der Waals surface area contributed by atoms with Crippen LogP contribution in [-0.4, -0.2) is 41.2 Å². The summed E-state index contributed by atoms with van der Waals surface area (Å²) in [5, 5.41) is 11.4. The zero-order chi connectivity index (χ0) is 23.2. The molecule has 6 aromatic rings. The molecule has 0 bridgehead atoms. The number of aromatic amines is 2. The highest BCUT2D eigenvalue weighted by molar-refractivity contribution is 7.14. The van der Waals surface area contributed by atoms with Gasteiger partial charge >= 0.3 is 0 Å². The van der Waals surface area contributed by atoms with Crippen LogP contribution in [0.2, 0.25) is 0 Å². The van der Waals surface area contributed by atoms with E-state index in [2.05, 4.69) is 55.4 Å². The molecule has 0 radical (unpaired) electrons. The Bertz CT molecular complexity index is 1650. The van der Waals surface area contributed by atoms with Gasteiger partial charge in [0.1, 0.15) is 11.2 Å². The van der Waals surface area contributed by atoms with Crippen molar-refractivity contribution >= 4 is 39.1 Å². The molecule has 0 amide bonds. The molecule has 168 valence electrons. The van der Waals surface area contributed by atoms with Gasteiger partial charge in [-0.1, -0.05) is 0 Å². The summed E-state index contributed by atoms with van der Waals surface area (Å²) in [5.41, 5.74) is 6.36. The van der Waals surface area contributed by atoms with E-state index in [0.29, 0.717) is 23.2 Å². The summed E-state index contributed by atoms with van der Waals surface area (Å²) in [6, 6.07) is 7.56. The highest BCUT2D eigenvalue weighted by Crippen LogP contribution is 2.34. The van der Waals surface area contributed by atoms with E-state index in [-0.39, 0.29) is 5.13 Å². The van der Waals surface area contributed by atoms with E-state index in [1.165, 1.54) is 6.07 Å². The smallest absolute Gasteiger partial charge is 0.181 e. The number of rotatable bonds is 5. The van der Waals surface area contributed by atoms with Crippen LogP contribution < -0.4 is 5.32 Å². The van der Waals surface area contributed by atoms with Crippen molar-refractivity contribution < 1.29 is 4.39 Å². The maximum Gasteiger partial charge on any atom is 0.181 e. The first-order valence-corrected chi connectivity index (χ1v) is 11.5. The minimum Gasteiger partial charge on any atom is -0.382 e. The summed E-state index contributed by atoms with van der Waals surface area (Å²) in [5.74, 6) is 0.607. The molecule has 0 aromatic carbocycles. The van der Waals surface area contributed by atoms with Crippen molar-refractivity contribution in [2.24, 2.45) is 0 Å². The largest absolute Gasteiger partial charge is 0.382 e. The van der Waals surface area contributed by atoms with Crippen LogP contribution in [0, 0.1) is 5.13 Å². The molecular formula is C24H19FN8S. The second-order valence-electron chi connectivity index (χ2n) is 8.23. The Morgan fingerprint density at radius 3 is 2.68 bits per heavy atom. The van der Waals surface area contributed by atoms with E-state index < -0.39 is 0 Å². The first-order chi connectivity index (χ1) is 16.5. The van der Waals surface area contributed by atoms with Crippen molar-refractivity contribution in [3.8, 4) is 33.1 Å². The molecule has 0 fully saturated rings. The number of fused-ring (bicyclic) bond motifs is 2. The van der Waals surface area contributed by atoms with Gasteiger partial charge in [-0.15, -0.1) is 11.3 Å². The fourth-order valence-corrected chi connectivity index (χ4v) is 4.68. The molecule has 6 aromatic heterocycles. The summed E-state index contributed by atoms with van der Waals surface area (Å²) < 4.78 is 13.6. The third-order valence-electron chi connectivity index (χ3n) is 5.41. The number of aromatic nitrogens is 7. The van der Waals surface area contributed by atoms with Crippen LogP contribution in [0.5, 0.6) is 0 Å². The van der Waals surface area contributed by atoms with Gasteiger partial charge in [0, 0.05) is 52.4 Å². The topological polar surface area (TPSA) is 108 Å². The minimum atomic E-state index is -0.247. The molecule has 0 aliphatic rings. The second-order valence-corrected chi connectivity index (χ2v) is 9.26. The van der Waals surface area contributed by atoms with Crippen LogP contribution in [0.3, 0.4) is 0 Å². The van der Waals surface area contributed by atoms with Crippen molar-refractivity contribution in [2.75, 3.05) is 5.32 Å². The Morgan fingerprint density at radius 2 is 1.85 bits per heavy atom. The van der Waals surface area contributed by atoms with Gasteiger partial charge in [0.05, 0.1) is 22.8 Å². The predicted octanol–water partition coefficient (Wildman–Crippen LogP) is 5.65. The third-order valence-corrected chi connectivity index (χ3v) is 6.31. The minimum absolute atomic E-state index is 0.247. The molecule has 0 aliphatic carbocycles. The van der Waals surface area contributed by atoms with E-state index >= 15 is 0 Å². The lowest BCUT2D eigenvalue weighted by Crippen LogP contribution is -2.09. The number of H-pyrrole nitrogens is 2. The second kappa shape index (κ2) is 7.99. The molecule has 3 N–H and O–H groups in total. The van der Waals surface area contributed by atoms with E-state index in [1.807, 2.05) is 12.3 Å². The first kappa shape index (κ1) is 20.4. The Labute approximate surface area is 197 Å². The van der Waals surface area contributed by atoms with E-state index in [4.69, 9.17) is 4.98 Å². The third kappa shape index (κ3) is 3.57. The first-order valence-electron chi connectivity index (χ1n) is 10.7. The fourth-order valence-electron chi connectivity index (χ4n) is 3.94. The van der Waals surface area contributed by atoms with Crippen LogP contribution in [0.15, 0.2) is 55.2 Å². The lowest BCUT2D eigenvalue weighted by Gasteiger charge is -2.10. The van der Waals surface area contributed by atoms with Crippen LogP contribution in [0.1, 0.15) is 13.8 Å². The molecule has 34 heavy (non-hydrogen) atoms. The average Bonchev–Trinajstić information content (AvgIpc) is 3.55. The van der Waals surface area contributed by atoms with Gasteiger partial charge < -0.3 is 10.3 Å². The molecule has 0 aliphatic heterocycles. The van der Waals surface area contributed by atoms with Gasteiger partial charge in [-0.25, -0.2) is 9.97 Å². The van der Waals surface area contributed by atoms with Gasteiger partial charge in [0.25, 0.3) is 0 Å². The van der Waals surface area contributed by atoms with Gasteiger partial charge in [0.15, 0.2) is 16.6 Å². The molecule has 0 spiro atoms. The van der Waals surface area contributed by atoms with Gasteiger partial charge in [-0.05, 0) is 38.1 Å². The lowest BCUT2D eigenvalue weighted by atomic mass is 10.1. The predicted molar refractivity (Wildman–Crippen MR) is 132 cm³/mol. The Kier molecular flexibility index (Phi) is 4.80. The molecule has 0 unspecified atom stereocenters. The number of imidazole rings is 1. The van der Waals surface area contributed by atoms with Crippen LogP contribution in [-0.2, 0) is 0 Å². The van der Waals surface area contributed by atoms with E-state index in [9.17, 15) is 4.39 Å². The van der Waals surface area contributed by atoms with Crippen molar-refractivity contribution in [2.45, 2.75) is 19.9 Å². The van der Waals surface area contributed by atoms with Gasteiger partial charge in [-0.3, -0.25) is 15.1 Å². The Morgan fingerprint density at radius 1 is 1.00 bits per heavy atom. The summed E-state index contributed by atoms with van der Waals surface area (Å²) in [6.07, 6.45) is 8.81. The molecule has 0 saturated heterocycles. The zero-order valence-corrected chi connectivity index (χ0v) is 19.1. The summed E-state index contributed by atoms with van der Waals surface area (Å²) in [7, 11) is 0. The van der Waals surface area contributed by atoms with Crippen LogP contribution in [0.25, 0.3) is 55.2 Å². The van der Waals surface area contributed by atoms with E-state index in [0.717, 1.165) is 55.0 Å². The lowest BCUT2D eigenvalue weighted by molar-refractivity contribution is 0.657. The molecule has 0 atom stereocenters. The van der Waals surface area contributed by atoms with Gasteiger partial charge in [-0.2, -0.15) is 9.49 Å². The number of pyridine rings is 3. The number of nitrogens with one attached hydrogen (secondary N) is 3. The molecule has 0 saturated carbocycles. The maximum absolute atomic E-state index is 13.6. The maximum atomic E-state index is 13.6. The van der Waals surface area contributed by atoms with Gasteiger partial charge in [0.2, 0.25) is 0 Å². The van der Waals surface area contributed by atoms with Crippen LogP contribution in [0.4, 0.5) is 10.1 Å². The number of anilines is 1. The average molecular weight is 471 g/mol. The number of thiophene rings is 1. The van der Waals surface area contributed by atoms with Crippen LogP contribution >= 0.6 is 11.3 Å². The highest BCUT2D eigenvalue weighted by atomic mass is 32.1. The van der Waals surface area contributed by atoms with Crippen molar-refractivity contribution in [1.82, 2.24) is 35.1 Å². The number of nitrogens with zero attached hydrogens (tertiary/aromatic N) is 5. The Hall–Kier alpha value is -4.18. The monoisotopic (exact) mass is 470 g/mol. The summed E-state index contributed by atoms with van der Waals surface area (Å²) in [4.78, 5) is 22.1. The molecular weight excluding hydrogens is 451 g/mol. The highest BCUT2D eigenvalue weighted by Gasteiger charge is 2.17. The van der Waals surface area contributed by atoms with Crippen molar-refractivity contribution in [3.05, 3.63) is 60.4 Å². The fraction of sp³-hybridized carbons (Fsp3) is 0.125. The summed E-state index contributed by atoms with van der Waals surface area (Å²) in [6.45, 7) is 4.17.